The normalized spacial score (nSPS) is 11.0. The number of phenolic OH excluding ortho intramolecular Hbond substituents is 1. The van der Waals surface area contributed by atoms with Gasteiger partial charge in [0, 0.05) is 5.69 Å². The first-order chi connectivity index (χ1) is 11.4. The maximum absolute atomic E-state index is 12.3. The van der Waals surface area contributed by atoms with E-state index in [1.165, 1.54) is 11.6 Å². The molecule has 0 saturated heterocycles. The van der Waals surface area contributed by atoms with E-state index in [1.54, 1.807) is 12.1 Å². The van der Waals surface area contributed by atoms with E-state index >= 15 is 0 Å². The van der Waals surface area contributed by atoms with E-state index in [0.717, 1.165) is 6.42 Å². The summed E-state index contributed by atoms with van der Waals surface area (Å²) in [5.41, 5.74) is 2.45. The van der Waals surface area contributed by atoms with E-state index in [4.69, 9.17) is 0 Å². The number of benzene rings is 2. The number of nitrogens with one attached hydrogen (secondary N) is 1. The SMILES string of the molecule is CCc1ccc(NC(=O)/C(C#N)=C\c2cc(Br)c(O)c(I)c2)cc1. The molecule has 0 spiro atoms. The third-order valence-electron chi connectivity index (χ3n) is 3.34. The lowest BCUT2D eigenvalue weighted by Crippen LogP contribution is -2.13. The van der Waals surface area contributed by atoms with Crippen molar-refractivity contribution in [3.8, 4) is 11.8 Å². The number of hydrogen-bond acceptors (Lipinski definition) is 3. The molecular weight excluding hydrogens is 483 g/mol. The van der Waals surface area contributed by atoms with Gasteiger partial charge in [0.05, 0.1) is 8.04 Å². The number of carbonyl (C=O) groups excluding carboxylic acids is 1. The first kappa shape index (κ1) is 18.5. The molecule has 0 fully saturated rings. The van der Waals surface area contributed by atoms with Crippen LogP contribution in [0.2, 0.25) is 0 Å². The van der Waals surface area contributed by atoms with Gasteiger partial charge in [0.25, 0.3) is 5.91 Å². The number of amides is 1. The van der Waals surface area contributed by atoms with E-state index in [1.807, 2.05) is 52.9 Å². The molecule has 0 aliphatic rings. The van der Waals surface area contributed by atoms with Crippen molar-refractivity contribution < 1.29 is 9.90 Å². The Morgan fingerprint density at radius 3 is 2.58 bits per heavy atom. The molecule has 2 aromatic rings. The van der Waals surface area contributed by atoms with Crippen LogP contribution in [0.1, 0.15) is 18.1 Å². The number of phenols is 1. The summed E-state index contributed by atoms with van der Waals surface area (Å²) in [5.74, 6) is -0.340. The fourth-order valence-electron chi connectivity index (χ4n) is 2.01. The van der Waals surface area contributed by atoms with E-state index in [9.17, 15) is 15.2 Å². The van der Waals surface area contributed by atoms with Gasteiger partial charge in [0.2, 0.25) is 0 Å². The number of nitrogens with zero attached hydrogens (tertiary/aromatic N) is 1. The molecule has 122 valence electrons. The highest BCUT2D eigenvalue weighted by Crippen LogP contribution is 2.31. The van der Waals surface area contributed by atoms with Crippen molar-refractivity contribution in [3.63, 3.8) is 0 Å². The summed E-state index contributed by atoms with van der Waals surface area (Å²) in [7, 11) is 0. The van der Waals surface area contributed by atoms with Gasteiger partial charge >= 0.3 is 0 Å². The average Bonchev–Trinajstić information content (AvgIpc) is 2.58. The van der Waals surface area contributed by atoms with Gasteiger partial charge < -0.3 is 10.4 Å². The van der Waals surface area contributed by atoms with Crippen LogP contribution in [0, 0.1) is 14.9 Å². The van der Waals surface area contributed by atoms with Crippen LogP contribution in [0.5, 0.6) is 5.75 Å². The molecule has 6 heteroatoms. The van der Waals surface area contributed by atoms with E-state index < -0.39 is 5.91 Å². The minimum absolute atomic E-state index is 0.0112. The summed E-state index contributed by atoms with van der Waals surface area (Å²) in [4.78, 5) is 12.3. The van der Waals surface area contributed by atoms with E-state index in [2.05, 4.69) is 28.2 Å². The number of anilines is 1. The topological polar surface area (TPSA) is 73.1 Å². The molecule has 2 N–H and O–H groups in total. The summed E-state index contributed by atoms with van der Waals surface area (Å²) < 4.78 is 1.13. The smallest absolute Gasteiger partial charge is 0.266 e. The summed E-state index contributed by atoms with van der Waals surface area (Å²) in [6.07, 6.45) is 2.41. The maximum atomic E-state index is 12.3. The molecule has 0 aliphatic carbocycles. The number of hydrogen-bond donors (Lipinski definition) is 2. The Morgan fingerprint density at radius 1 is 1.38 bits per heavy atom. The first-order valence-corrected chi connectivity index (χ1v) is 9.02. The summed E-state index contributed by atoms with van der Waals surface area (Å²) >= 11 is 5.23. The molecule has 24 heavy (non-hydrogen) atoms. The van der Waals surface area contributed by atoms with Gasteiger partial charge in [-0.25, -0.2) is 0 Å². The second kappa shape index (κ2) is 8.31. The quantitative estimate of drug-likeness (QED) is 0.360. The van der Waals surface area contributed by atoms with Gasteiger partial charge in [-0.3, -0.25) is 4.79 Å². The van der Waals surface area contributed by atoms with Crippen molar-refractivity contribution in [1.82, 2.24) is 0 Å². The van der Waals surface area contributed by atoms with Crippen LogP contribution < -0.4 is 5.32 Å². The number of aromatic hydroxyl groups is 1. The predicted octanol–water partition coefficient (Wildman–Crippen LogP) is 4.87. The monoisotopic (exact) mass is 496 g/mol. The Bertz CT molecular complexity index is 816. The minimum Gasteiger partial charge on any atom is -0.506 e. The first-order valence-electron chi connectivity index (χ1n) is 7.14. The second-order valence-corrected chi connectivity index (χ2v) is 7.02. The van der Waals surface area contributed by atoms with Crippen LogP contribution >= 0.6 is 38.5 Å². The second-order valence-electron chi connectivity index (χ2n) is 5.01. The molecule has 0 bridgehead atoms. The molecular formula is C18H14BrIN2O2. The summed E-state index contributed by atoms with van der Waals surface area (Å²) in [5, 5.41) is 21.7. The van der Waals surface area contributed by atoms with E-state index in [-0.39, 0.29) is 11.3 Å². The molecule has 4 nitrogen and oxygen atoms in total. The van der Waals surface area contributed by atoms with Crippen molar-refractivity contribution in [1.29, 1.82) is 5.26 Å². The lowest BCUT2D eigenvalue weighted by atomic mass is 10.1. The van der Waals surface area contributed by atoms with Crippen LogP contribution in [0.25, 0.3) is 6.08 Å². The standard InChI is InChI=1S/C18H14BrIN2O2/c1-2-11-3-5-14(6-4-11)22-18(24)13(10-21)7-12-8-15(19)17(23)16(20)9-12/h3-9,23H,2H2,1H3,(H,22,24)/b13-7-. The molecule has 0 heterocycles. The van der Waals surface area contributed by atoms with Crippen LogP contribution in [0.4, 0.5) is 5.69 Å². The molecule has 1 amide bonds. The summed E-state index contributed by atoms with van der Waals surface area (Å²) in [6.45, 7) is 2.06. The van der Waals surface area contributed by atoms with Crippen molar-refractivity contribution in [3.05, 3.63) is 61.1 Å². The lowest BCUT2D eigenvalue weighted by molar-refractivity contribution is -0.112. The fraction of sp³-hybridized carbons (Fsp3) is 0.111. The highest BCUT2D eigenvalue weighted by molar-refractivity contribution is 14.1. The molecule has 2 rings (SSSR count). The Labute approximate surface area is 162 Å². The number of nitriles is 1. The molecule has 0 aliphatic heterocycles. The number of aryl methyl sites for hydroxylation is 1. The Balaban J connectivity index is 2.23. The Kier molecular flexibility index (Phi) is 6.40. The highest BCUT2D eigenvalue weighted by atomic mass is 127. The minimum atomic E-state index is -0.471. The van der Waals surface area contributed by atoms with Crippen molar-refractivity contribution in [2.24, 2.45) is 0 Å². The molecule has 0 atom stereocenters. The van der Waals surface area contributed by atoms with Crippen molar-refractivity contribution in [2.45, 2.75) is 13.3 Å². The zero-order chi connectivity index (χ0) is 17.7. The van der Waals surface area contributed by atoms with Crippen LogP contribution in [0.3, 0.4) is 0 Å². The molecule has 0 unspecified atom stereocenters. The fourth-order valence-corrected chi connectivity index (χ4v) is 3.50. The Hall–Kier alpha value is -1.85. The van der Waals surface area contributed by atoms with Gasteiger partial charge in [0.15, 0.2) is 0 Å². The zero-order valence-electron chi connectivity index (χ0n) is 12.8. The predicted molar refractivity (Wildman–Crippen MR) is 107 cm³/mol. The third kappa shape index (κ3) is 4.58. The molecule has 0 saturated carbocycles. The summed E-state index contributed by atoms with van der Waals surface area (Å²) in [6, 6.07) is 12.8. The van der Waals surface area contributed by atoms with Crippen LogP contribution in [-0.4, -0.2) is 11.0 Å². The van der Waals surface area contributed by atoms with Gasteiger partial charge in [-0.1, -0.05) is 19.1 Å². The lowest BCUT2D eigenvalue weighted by Gasteiger charge is -2.06. The average molecular weight is 497 g/mol. The van der Waals surface area contributed by atoms with Crippen LogP contribution in [-0.2, 0) is 11.2 Å². The van der Waals surface area contributed by atoms with Gasteiger partial charge in [-0.15, -0.1) is 0 Å². The molecule has 2 aromatic carbocycles. The zero-order valence-corrected chi connectivity index (χ0v) is 16.6. The molecule has 0 aromatic heterocycles. The van der Waals surface area contributed by atoms with Gasteiger partial charge in [-0.05, 0) is 86.4 Å². The van der Waals surface area contributed by atoms with E-state index in [0.29, 0.717) is 19.3 Å². The number of halogens is 2. The Morgan fingerprint density at radius 2 is 2.04 bits per heavy atom. The number of rotatable bonds is 4. The number of carbonyl (C=O) groups is 1. The van der Waals surface area contributed by atoms with Gasteiger partial charge in [0.1, 0.15) is 17.4 Å². The third-order valence-corrected chi connectivity index (χ3v) is 4.76. The highest BCUT2D eigenvalue weighted by Gasteiger charge is 2.11. The maximum Gasteiger partial charge on any atom is 0.266 e. The van der Waals surface area contributed by atoms with Crippen LogP contribution in [0.15, 0.2) is 46.4 Å². The van der Waals surface area contributed by atoms with Crippen molar-refractivity contribution >= 4 is 56.2 Å². The van der Waals surface area contributed by atoms with Crippen molar-refractivity contribution in [2.75, 3.05) is 5.32 Å². The van der Waals surface area contributed by atoms with Gasteiger partial charge in [-0.2, -0.15) is 5.26 Å². The molecule has 0 radical (unpaired) electrons. The largest absolute Gasteiger partial charge is 0.506 e.